The highest BCUT2D eigenvalue weighted by Crippen LogP contribution is 2.18. The molecule has 0 aliphatic carbocycles. The fourth-order valence-electron chi connectivity index (χ4n) is 3.75. The van der Waals surface area contributed by atoms with Crippen molar-refractivity contribution in [1.29, 1.82) is 0 Å². The number of carbonyl (C=O) groups excluding carboxylic acids is 1. The highest BCUT2D eigenvalue weighted by molar-refractivity contribution is 6.30. The molecule has 0 unspecified atom stereocenters. The lowest BCUT2D eigenvalue weighted by Crippen LogP contribution is -2.26. The van der Waals surface area contributed by atoms with Crippen LogP contribution >= 0.6 is 11.6 Å². The van der Waals surface area contributed by atoms with E-state index in [0.29, 0.717) is 30.2 Å². The van der Waals surface area contributed by atoms with Crippen LogP contribution in [0.15, 0.2) is 72.8 Å². The molecule has 4 aromatic rings. The number of fused-ring (bicyclic) bond motifs is 1. The number of nitrogens with zero attached hydrogens (tertiary/aromatic N) is 2. The van der Waals surface area contributed by atoms with Gasteiger partial charge in [0.05, 0.1) is 17.6 Å². The molecule has 0 radical (unpaired) electrons. The number of rotatable bonds is 10. The average molecular weight is 462 g/mol. The van der Waals surface area contributed by atoms with Gasteiger partial charge < -0.3 is 14.6 Å². The van der Waals surface area contributed by atoms with Gasteiger partial charge in [0.15, 0.2) is 0 Å². The molecule has 1 N–H and O–H groups in total. The summed E-state index contributed by atoms with van der Waals surface area (Å²) >= 11 is 5.90. The molecule has 1 aromatic heterocycles. The second kappa shape index (κ2) is 11.0. The molecule has 0 saturated carbocycles. The van der Waals surface area contributed by atoms with Crippen molar-refractivity contribution >= 4 is 28.5 Å². The maximum atomic E-state index is 12.4. The highest BCUT2D eigenvalue weighted by Gasteiger charge is 2.11. The van der Waals surface area contributed by atoms with E-state index < -0.39 is 0 Å². The van der Waals surface area contributed by atoms with Gasteiger partial charge in [-0.05, 0) is 68.3 Å². The number of para-hydroxylation sites is 2. The predicted molar refractivity (Wildman–Crippen MR) is 133 cm³/mol. The van der Waals surface area contributed by atoms with Gasteiger partial charge in [0.25, 0.3) is 5.91 Å². The van der Waals surface area contributed by atoms with Gasteiger partial charge in [-0.3, -0.25) is 4.79 Å². The zero-order valence-electron chi connectivity index (χ0n) is 18.8. The molecule has 0 atom stereocenters. The van der Waals surface area contributed by atoms with Gasteiger partial charge in [0.2, 0.25) is 0 Å². The molecule has 0 aliphatic rings. The summed E-state index contributed by atoms with van der Waals surface area (Å²) in [6, 6.07) is 23.2. The Labute approximate surface area is 199 Å². The molecule has 0 spiro atoms. The molecule has 0 saturated heterocycles. The number of ether oxygens (including phenoxy) is 1. The Morgan fingerprint density at radius 1 is 1.00 bits per heavy atom. The van der Waals surface area contributed by atoms with Crippen LogP contribution in [0.25, 0.3) is 11.0 Å². The minimum Gasteiger partial charge on any atom is -0.494 e. The maximum absolute atomic E-state index is 12.4. The first-order valence-corrected chi connectivity index (χ1v) is 11.7. The first kappa shape index (κ1) is 22.9. The summed E-state index contributed by atoms with van der Waals surface area (Å²) in [5, 5.41) is 3.60. The third-order valence-electron chi connectivity index (χ3n) is 5.54. The van der Waals surface area contributed by atoms with Crippen LogP contribution in [0.5, 0.6) is 5.75 Å². The summed E-state index contributed by atoms with van der Waals surface area (Å²) in [7, 11) is 0. The fourth-order valence-corrected chi connectivity index (χ4v) is 3.88. The van der Waals surface area contributed by atoms with Crippen LogP contribution in [0, 0.1) is 6.92 Å². The van der Waals surface area contributed by atoms with Gasteiger partial charge in [-0.2, -0.15) is 0 Å². The van der Waals surface area contributed by atoms with E-state index in [9.17, 15) is 4.79 Å². The van der Waals surface area contributed by atoms with Crippen LogP contribution < -0.4 is 10.1 Å². The first-order chi connectivity index (χ1) is 16.1. The molecule has 3 aromatic carbocycles. The highest BCUT2D eigenvalue weighted by atomic mass is 35.5. The Morgan fingerprint density at radius 3 is 2.55 bits per heavy atom. The van der Waals surface area contributed by atoms with Crippen molar-refractivity contribution in [2.45, 2.75) is 32.7 Å². The Morgan fingerprint density at radius 2 is 1.76 bits per heavy atom. The van der Waals surface area contributed by atoms with Crippen molar-refractivity contribution in [3.63, 3.8) is 0 Å². The third-order valence-corrected chi connectivity index (χ3v) is 5.79. The van der Waals surface area contributed by atoms with E-state index >= 15 is 0 Å². The molecule has 4 rings (SSSR count). The van der Waals surface area contributed by atoms with E-state index in [1.165, 1.54) is 5.56 Å². The molecule has 1 amide bonds. The maximum Gasteiger partial charge on any atom is 0.251 e. The summed E-state index contributed by atoms with van der Waals surface area (Å²) in [5.41, 5.74) is 3.93. The number of unbranched alkanes of at least 4 members (excludes halogenated alkanes) is 1. The van der Waals surface area contributed by atoms with E-state index in [4.69, 9.17) is 21.3 Å². The molecule has 0 bridgehead atoms. The van der Waals surface area contributed by atoms with Crippen LogP contribution in [0.2, 0.25) is 5.02 Å². The lowest BCUT2D eigenvalue weighted by Gasteiger charge is -2.11. The number of carbonyl (C=O) groups is 1. The molecule has 170 valence electrons. The van der Waals surface area contributed by atoms with Crippen molar-refractivity contribution in [2.75, 3.05) is 13.2 Å². The number of amides is 1. The lowest BCUT2D eigenvalue weighted by atomic mass is 10.2. The van der Waals surface area contributed by atoms with Crippen LogP contribution in [0.3, 0.4) is 0 Å². The number of hydrogen-bond donors (Lipinski definition) is 1. The van der Waals surface area contributed by atoms with Gasteiger partial charge in [-0.1, -0.05) is 41.4 Å². The summed E-state index contributed by atoms with van der Waals surface area (Å²) in [4.78, 5) is 17.2. The van der Waals surface area contributed by atoms with E-state index in [1.807, 2.05) is 30.3 Å². The molecule has 0 aliphatic heterocycles. The smallest absolute Gasteiger partial charge is 0.251 e. The third kappa shape index (κ3) is 6.14. The number of hydrogen-bond acceptors (Lipinski definition) is 3. The summed E-state index contributed by atoms with van der Waals surface area (Å²) in [5.74, 6) is 1.78. The predicted octanol–water partition coefficient (Wildman–Crippen LogP) is 5.83. The average Bonchev–Trinajstić information content (AvgIpc) is 3.18. The molecular formula is C27H28ClN3O2. The fraction of sp³-hybridized carbons (Fsp3) is 0.259. The minimum absolute atomic E-state index is 0.109. The van der Waals surface area contributed by atoms with E-state index in [2.05, 4.69) is 35.0 Å². The first-order valence-electron chi connectivity index (χ1n) is 11.3. The van der Waals surface area contributed by atoms with E-state index in [0.717, 1.165) is 42.0 Å². The monoisotopic (exact) mass is 461 g/mol. The van der Waals surface area contributed by atoms with Gasteiger partial charge >= 0.3 is 0 Å². The number of nitrogens with one attached hydrogen (secondary N) is 1. The molecule has 6 heteroatoms. The second-order valence-corrected chi connectivity index (χ2v) is 8.49. The van der Waals surface area contributed by atoms with Crippen LogP contribution in [-0.4, -0.2) is 28.6 Å². The molecule has 0 fully saturated rings. The zero-order valence-corrected chi connectivity index (χ0v) is 19.5. The SMILES string of the molecule is Cc1ccc(OCCCCn2c(CCNC(=O)c3ccc(Cl)cc3)nc3ccccc32)cc1. The zero-order chi connectivity index (χ0) is 23.0. The van der Waals surface area contributed by atoms with Crippen LogP contribution in [0.1, 0.15) is 34.6 Å². The van der Waals surface area contributed by atoms with Gasteiger partial charge in [0.1, 0.15) is 11.6 Å². The largest absolute Gasteiger partial charge is 0.494 e. The Kier molecular flexibility index (Phi) is 7.63. The standard InChI is InChI=1S/C27H28ClN3O2/c1-20-8-14-23(15-9-20)33-19-5-4-18-31-25-7-3-2-6-24(25)30-26(31)16-17-29-27(32)21-10-12-22(28)13-11-21/h2-3,6-15H,4-5,16-19H2,1H3,(H,29,32). The van der Waals surface area contributed by atoms with Crippen molar-refractivity contribution in [1.82, 2.24) is 14.9 Å². The van der Waals surface area contributed by atoms with Crippen molar-refractivity contribution in [3.05, 3.63) is 94.8 Å². The molecule has 1 heterocycles. The minimum atomic E-state index is -0.109. The van der Waals surface area contributed by atoms with Crippen molar-refractivity contribution < 1.29 is 9.53 Å². The van der Waals surface area contributed by atoms with Crippen molar-refractivity contribution in [2.24, 2.45) is 0 Å². The topological polar surface area (TPSA) is 56.1 Å². The lowest BCUT2D eigenvalue weighted by molar-refractivity contribution is 0.0954. The van der Waals surface area contributed by atoms with Gasteiger partial charge in [0, 0.05) is 30.1 Å². The Hall–Kier alpha value is -3.31. The van der Waals surface area contributed by atoms with Crippen molar-refractivity contribution in [3.8, 4) is 5.75 Å². The summed E-state index contributed by atoms with van der Waals surface area (Å²) in [6.07, 6.45) is 2.59. The number of benzene rings is 3. The van der Waals surface area contributed by atoms with E-state index in [-0.39, 0.29) is 5.91 Å². The van der Waals surface area contributed by atoms with Gasteiger partial charge in [-0.25, -0.2) is 4.98 Å². The normalized spacial score (nSPS) is 11.0. The van der Waals surface area contributed by atoms with E-state index in [1.54, 1.807) is 24.3 Å². The second-order valence-electron chi connectivity index (χ2n) is 8.05. The van der Waals surface area contributed by atoms with Gasteiger partial charge in [-0.15, -0.1) is 0 Å². The number of aromatic nitrogens is 2. The summed E-state index contributed by atoms with van der Waals surface area (Å²) in [6.45, 7) is 4.13. The molecule has 33 heavy (non-hydrogen) atoms. The summed E-state index contributed by atoms with van der Waals surface area (Å²) < 4.78 is 8.12. The number of imidazole rings is 1. The number of aryl methyl sites for hydroxylation is 2. The Balaban J connectivity index is 1.32. The Bertz CT molecular complexity index is 1200. The quantitative estimate of drug-likeness (QED) is 0.302. The van der Waals surface area contributed by atoms with Crippen LogP contribution in [-0.2, 0) is 13.0 Å². The van der Waals surface area contributed by atoms with Crippen LogP contribution in [0.4, 0.5) is 0 Å². The molecular weight excluding hydrogens is 434 g/mol. The number of halogens is 1. The molecule has 5 nitrogen and oxygen atoms in total.